The molecule has 1 saturated heterocycles. The summed E-state index contributed by atoms with van der Waals surface area (Å²) < 4.78 is 5.27. The number of aromatic nitrogens is 2. The minimum atomic E-state index is -0.126. The molecule has 1 aromatic heterocycles. The van der Waals surface area contributed by atoms with Gasteiger partial charge >= 0.3 is 6.03 Å². The largest absolute Gasteiger partial charge is 0.496 e. The molecule has 8 heteroatoms. The van der Waals surface area contributed by atoms with Crippen molar-refractivity contribution < 1.29 is 14.3 Å². The molecular formula is C19H25N5O3. The first kappa shape index (κ1) is 18.8. The number of methoxy groups -OCH3 is 1. The second kappa shape index (κ2) is 8.11. The highest BCUT2D eigenvalue weighted by Crippen LogP contribution is 2.20. The standard InChI is InChI=1S/C19H25N5O3/c1-13-16(14(2)22-21-13)12-20-19(26)24-10-8-23(9-11-24)18(25)15-6-4-5-7-17(15)27-3/h4-7H,8-12H2,1-3H3,(H,20,26)(H,21,22). The minimum absolute atomic E-state index is 0.0721. The van der Waals surface area contributed by atoms with Gasteiger partial charge in [-0.25, -0.2) is 4.79 Å². The molecule has 0 bridgehead atoms. The minimum Gasteiger partial charge on any atom is -0.496 e. The molecule has 0 radical (unpaired) electrons. The summed E-state index contributed by atoms with van der Waals surface area (Å²) in [5.74, 6) is 0.491. The number of H-pyrrole nitrogens is 1. The number of amides is 3. The molecule has 0 aliphatic carbocycles. The molecule has 2 heterocycles. The van der Waals surface area contributed by atoms with Crippen LogP contribution in [0.15, 0.2) is 24.3 Å². The highest BCUT2D eigenvalue weighted by Gasteiger charge is 2.26. The van der Waals surface area contributed by atoms with E-state index in [0.29, 0.717) is 44.0 Å². The molecule has 1 aromatic carbocycles. The molecule has 27 heavy (non-hydrogen) atoms. The lowest BCUT2D eigenvalue weighted by Crippen LogP contribution is -2.53. The smallest absolute Gasteiger partial charge is 0.317 e. The van der Waals surface area contributed by atoms with Gasteiger partial charge in [-0.15, -0.1) is 0 Å². The predicted octanol–water partition coefficient (Wildman–Crippen LogP) is 1.70. The SMILES string of the molecule is COc1ccccc1C(=O)N1CCN(C(=O)NCc2c(C)n[nH]c2C)CC1. The number of aryl methyl sites for hydroxylation is 2. The normalized spacial score (nSPS) is 14.2. The second-order valence-electron chi connectivity index (χ2n) is 6.55. The summed E-state index contributed by atoms with van der Waals surface area (Å²) in [6.45, 7) is 6.26. The molecular weight excluding hydrogens is 346 g/mol. The van der Waals surface area contributed by atoms with Crippen molar-refractivity contribution >= 4 is 11.9 Å². The van der Waals surface area contributed by atoms with Crippen molar-refractivity contribution in [2.75, 3.05) is 33.3 Å². The number of carbonyl (C=O) groups excluding carboxylic acids is 2. The Balaban J connectivity index is 1.54. The van der Waals surface area contributed by atoms with E-state index in [-0.39, 0.29) is 11.9 Å². The van der Waals surface area contributed by atoms with Crippen LogP contribution in [-0.2, 0) is 6.54 Å². The van der Waals surface area contributed by atoms with Crippen LogP contribution in [0.3, 0.4) is 0 Å². The molecule has 0 saturated carbocycles. The third-order valence-corrected chi connectivity index (χ3v) is 4.89. The van der Waals surface area contributed by atoms with Crippen LogP contribution in [0.2, 0.25) is 0 Å². The van der Waals surface area contributed by atoms with Crippen molar-refractivity contribution in [3.8, 4) is 5.75 Å². The van der Waals surface area contributed by atoms with Crippen LogP contribution in [0.25, 0.3) is 0 Å². The van der Waals surface area contributed by atoms with Crippen molar-refractivity contribution in [3.05, 3.63) is 46.8 Å². The average molecular weight is 371 g/mol. The third-order valence-electron chi connectivity index (χ3n) is 4.89. The first-order valence-corrected chi connectivity index (χ1v) is 8.96. The van der Waals surface area contributed by atoms with Crippen LogP contribution in [0.4, 0.5) is 4.79 Å². The average Bonchev–Trinajstić information content (AvgIpc) is 3.03. The number of urea groups is 1. The van der Waals surface area contributed by atoms with E-state index in [9.17, 15) is 9.59 Å². The summed E-state index contributed by atoms with van der Waals surface area (Å²) in [5, 5.41) is 9.98. The molecule has 0 spiro atoms. The van der Waals surface area contributed by atoms with Gasteiger partial charge in [0.25, 0.3) is 5.91 Å². The maximum Gasteiger partial charge on any atom is 0.317 e. The Morgan fingerprint density at radius 3 is 2.44 bits per heavy atom. The predicted molar refractivity (Wildman–Crippen MR) is 101 cm³/mol. The van der Waals surface area contributed by atoms with Gasteiger partial charge in [-0.3, -0.25) is 9.89 Å². The second-order valence-corrected chi connectivity index (χ2v) is 6.55. The summed E-state index contributed by atoms with van der Waals surface area (Å²) in [6, 6.07) is 7.06. The quantitative estimate of drug-likeness (QED) is 0.856. The number of hydrogen-bond donors (Lipinski definition) is 2. The van der Waals surface area contributed by atoms with Crippen LogP contribution < -0.4 is 10.1 Å². The van der Waals surface area contributed by atoms with Gasteiger partial charge in [0.05, 0.1) is 18.4 Å². The highest BCUT2D eigenvalue weighted by molar-refractivity contribution is 5.97. The lowest BCUT2D eigenvalue weighted by Gasteiger charge is -2.35. The van der Waals surface area contributed by atoms with Crippen LogP contribution in [-0.4, -0.2) is 65.2 Å². The van der Waals surface area contributed by atoms with E-state index in [1.165, 1.54) is 0 Å². The lowest BCUT2D eigenvalue weighted by molar-refractivity contribution is 0.0661. The molecule has 0 atom stereocenters. The Bertz CT molecular complexity index is 805. The molecule has 1 aliphatic heterocycles. The molecule has 1 aliphatic rings. The Morgan fingerprint density at radius 1 is 1.15 bits per heavy atom. The van der Waals surface area contributed by atoms with Crippen molar-refractivity contribution in [3.63, 3.8) is 0 Å². The summed E-state index contributed by atoms with van der Waals surface area (Å²) in [6.07, 6.45) is 0. The number of para-hydroxylation sites is 1. The van der Waals surface area contributed by atoms with Crippen molar-refractivity contribution in [1.82, 2.24) is 25.3 Å². The maximum atomic E-state index is 12.7. The number of ether oxygens (including phenoxy) is 1. The molecule has 144 valence electrons. The van der Waals surface area contributed by atoms with E-state index in [0.717, 1.165) is 17.0 Å². The third kappa shape index (κ3) is 4.05. The molecule has 2 N–H and O–H groups in total. The van der Waals surface area contributed by atoms with Gasteiger partial charge in [0.2, 0.25) is 0 Å². The number of carbonyl (C=O) groups is 2. The van der Waals surface area contributed by atoms with E-state index in [2.05, 4.69) is 15.5 Å². The fourth-order valence-electron chi connectivity index (χ4n) is 3.21. The van der Waals surface area contributed by atoms with Crippen molar-refractivity contribution in [1.29, 1.82) is 0 Å². The highest BCUT2D eigenvalue weighted by atomic mass is 16.5. The summed E-state index contributed by atoms with van der Waals surface area (Å²) >= 11 is 0. The van der Waals surface area contributed by atoms with Crippen LogP contribution >= 0.6 is 0 Å². The Morgan fingerprint density at radius 2 is 1.81 bits per heavy atom. The first-order chi connectivity index (χ1) is 13.0. The van der Waals surface area contributed by atoms with Crippen LogP contribution in [0.1, 0.15) is 27.3 Å². The Labute approximate surface area is 158 Å². The molecule has 3 amide bonds. The fraction of sp³-hybridized carbons (Fsp3) is 0.421. The molecule has 1 fully saturated rings. The van der Waals surface area contributed by atoms with Gasteiger partial charge in [0.15, 0.2) is 0 Å². The summed E-state index contributed by atoms with van der Waals surface area (Å²) in [7, 11) is 1.55. The zero-order valence-electron chi connectivity index (χ0n) is 15.9. The van der Waals surface area contributed by atoms with E-state index in [1.54, 1.807) is 29.0 Å². The maximum absolute atomic E-state index is 12.7. The van der Waals surface area contributed by atoms with E-state index in [1.807, 2.05) is 26.0 Å². The number of nitrogens with zero attached hydrogens (tertiary/aromatic N) is 3. The van der Waals surface area contributed by atoms with E-state index < -0.39 is 0 Å². The zero-order chi connectivity index (χ0) is 19.4. The number of benzene rings is 1. The van der Waals surface area contributed by atoms with Gasteiger partial charge in [0.1, 0.15) is 5.75 Å². The first-order valence-electron chi connectivity index (χ1n) is 8.96. The van der Waals surface area contributed by atoms with Gasteiger partial charge in [-0.1, -0.05) is 12.1 Å². The monoisotopic (exact) mass is 371 g/mol. The molecule has 3 rings (SSSR count). The molecule has 8 nitrogen and oxygen atoms in total. The number of hydrogen-bond acceptors (Lipinski definition) is 4. The van der Waals surface area contributed by atoms with Crippen molar-refractivity contribution in [2.24, 2.45) is 0 Å². The number of aromatic amines is 1. The Hall–Kier alpha value is -3.03. The Kier molecular flexibility index (Phi) is 5.63. The fourth-order valence-corrected chi connectivity index (χ4v) is 3.21. The molecule has 2 aromatic rings. The van der Waals surface area contributed by atoms with Gasteiger partial charge < -0.3 is 19.9 Å². The zero-order valence-corrected chi connectivity index (χ0v) is 15.9. The van der Waals surface area contributed by atoms with Gasteiger partial charge in [0, 0.05) is 44.0 Å². The van der Waals surface area contributed by atoms with E-state index >= 15 is 0 Å². The van der Waals surface area contributed by atoms with E-state index in [4.69, 9.17) is 4.74 Å². The summed E-state index contributed by atoms with van der Waals surface area (Å²) in [5.41, 5.74) is 3.40. The van der Waals surface area contributed by atoms with Gasteiger partial charge in [-0.2, -0.15) is 5.10 Å². The van der Waals surface area contributed by atoms with Crippen LogP contribution in [0.5, 0.6) is 5.75 Å². The topological polar surface area (TPSA) is 90.6 Å². The van der Waals surface area contributed by atoms with Gasteiger partial charge in [-0.05, 0) is 26.0 Å². The summed E-state index contributed by atoms with van der Waals surface area (Å²) in [4.78, 5) is 28.6. The number of piperazine rings is 1. The van der Waals surface area contributed by atoms with Crippen LogP contribution in [0, 0.1) is 13.8 Å². The number of nitrogens with one attached hydrogen (secondary N) is 2. The lowest BCUT2D eigenvalue weighted by atomic mass is 10.1. The molecule has 0 unspecified atom stereocenters. The van der Waals surface area contributed by atoms with Crippen molar-refractivity contribution in [2.45, 2.75) is 20.4 Å². The number of rotatable bonds is 4.